The predicted octanol–water partition coefficient (Wildman–Crippen LogP) is 6.02. The van der Waals surface area contributed by atoms with Crippen molar-refractivity contribution in [2.45, 2.75) is 44.2 Å². The van der Waals surface area contributed by atoms with E-state index in [2.05, 4.69) is 5.32 Å². The van der Waals surface area contributed by atoms with E-state index in [9.17, 15) is 18.0 Å². The van der Waals surface area contributed by atoms with Crippen LogP contribution in [-0.2, 0) is 32.6 Å². The number of nitrogens with one attached hydrogen (secondary N) is 1. The molecule has 0 heterocycles. The number of benzene rings is 4. The number of sulfonamides is 1. The number of carbonyl (C=O) groups is 2. The summed E-state index contributed by atoms with van der Waals surface area (Å²) in [4.78, 5) is 29.6. The minimum atomic E-state index is -4.23. The van der Waals surface area contributed by atoms with Crippen molar-refractivity contribution in [3.05, 3.63) is 125 Å². The highest BCUT2D eigenvalue weighted by Crippen LogP contribution is 2.27. The Labute approximate surface area is 270 Å². The SMILES string of the molecule is CCCNC(=O)[C@@H](Cc1ccccc1)N(Cc1ccc(C)cc1)C(=O)CN(c1ccc(Cl)cc1)S(=O)(=O)c1ccc(OC)cc1. The van der Waals surface area contributed by atoms with Crippen molar-refractivity contribution in [3.8, 4) is 5.75 Å². The van der Waals surface area contributed by atoms with Crippen LogP contribution in [-0.4, -0.2) is 51.4 Å². The quantitative estimate of drug-likeness (QED) is 0.181. The second kappa shape index (κ2) is 15.6. The summed E-state index contributed by atoms with van der Waals surface area (Å²) >= 11 is 6.13. The molecule has 8 nitrogen and oxygen atoms in total. The minimum Gasteiger partial charge on any atom is -0.497 e. The number of hydrogen-bond donors (Lipinski definition) is 1. The molecule has 0 bridgehead atoms. The summed E-state index contributed by atoms with van der Waals surface area (Å²) in [6.45, 7) is 3.92. The van der Waals surface area contributed by atoms with Crippen LogP contribution in [0, 0.1) is 6.92 Å². The van der Waals surface area contributed by atoms with Gasteiger partial charge < -0.3 is 15.0 Å². The van der Waals surface area contributed by atoms with Crippen molar-refractivity contribution < 1.29 is 22.7 Å². The van der Waals surface area contributed by atoms with Gasteiger partial charge in [0.15, 0.2) is 0 Å². The molecule has 4 rings (SSSR count). The normalized spacial score (nSPS) is 11.8. The van der Waals surface area contributed by atoms with Gasteiger partial charge in [-0.25, -0.2) is 8.42 Å². The maximum atomic E-state index is 14.4. The van der Waals surface area contributed by atoms with E-state index in [4.69, 9.17) is 16.3 Å². The molecule has 4 aromatic rings. The van der Waals surface area contributed by atoms with Gasteiger partial charge in [0, 0.05) is 24.5 Å². The van der Waals surface area contributed by atoms with Gasteiger partial charge in [-0.1, -0.05) is 78.7 Å². The molecule has 1 atom stereocenters. The maximum Gasteiger partial charge on any atom is 0.264 e. The molecule has 10 heteroatoms. The van der Waals surface area contributed by atoms with E-state index in [1.807, 2.05) is 68.4 Å². The molecule has 45 heavy (non-hydrogen) atoms. The lowest BCUT2D eigenvalue weighted by Gasteiger charge is -2.34. The van der Waals surface area contributed by atoms with Crippen LogP contribution >= 0.6 is 11.6 Å². The van der Waals surface area contributed by atoms with Crippen LogP contribution in [0.3, 0.4) is 0 Å². The van der Waals surface area contributed by atoms with Crippen LogP contribution in [0.15, 0.2) is 108 Å². The summed E-state index contributed by atoms with van der Waals surface area (Å²) in [5.41, 5.74) is 2.99. The van der Waals surface area contributed by atoms with Gasteiger partial charge in [-0.05, 0) is 73.0 Å². The standard InChI is InChI=1S/C35H38ClN3O5S/c1-4-22-37-35(41)33(23-27-8-6-5-7-9-27)38(24-28-12-10-26(2)11-13-28)34(40)25-39(30-16-14-29(36)15-17-30)45(42,43)32-20-18-31(44-3)19-21-32/h5-21,33H,4,22-25H2,1-3H3,(H,37,41)/t33-/m1/s1. The molecule has 0 aliphatic heterocycles. The molecule has 0 saturated carbocycles. The van der Waals surface area contributed by atoms with Gasteiger partial charge >= 0.3 is 0 Å². The molecule has 1 N–H and O–H groups in total. The van der Waals surface area contributed by atoms with Crippen molar-refractivity contribution in [3.63, 3.8) is 0 Å². The van der Waals surface area contributed by atoms with Gasteiger partial charge in [0.2, 0.25) is 11.8 Å². The van der Waals surface area contributed by atoms with E-state index in [0.717, 1.165) is 27.4 Å². The smallest absolute Gasteiger partial charge is 0.264 e. The van der Waals surface area contributed by atoms with Crippen LogP contribution in [0.1, 0.15) is 30.0 Å². The first-order valence-electron chi connectivity index (χ1n) is 14.7. The summed E-state index contributed by atoms with van der Waals surface area (Å²) in [6.07, 6.45) is 0.973. The molecule has 0 spiro atoms. The number of nitrogens with zero attached hydrogens (tertiary/aromatic N) is 2. The van der Waals surface area contributed by atoms with Crippen LogP contribution in [0.5, 0.6) is 5.75 Å². The molecule has 0 aliphatic rings. The highest BCUT2D eigenvalue weighted by atomic mass is 35.5. The predicted molar refractivity (Wildman–Crippen MR) is 178 cm³/mol. The van der Waals surface area contributed by atoms with Crippen molar-refractivity contribution in [2.75, 3.05) is 24.5 Å². The molecule has 0 aliphatic carbocycles. The molecule has 0 fully saturated rings. The zero-order valence-electron chi connectivity index (χ0n) is 25.6. The van der Waals surface area contributed by atoms with E-state index < -0.39 is 28.5 Å². The lowest BCUT2D eigenvalue weighted by Crippen LogP contribution is -2.53. The third kappa shape index (κ3) is 8.86. The fraction of sp³-hybridized carbons (Fsp3) is 0.257. The summed E-state index contributed by atoms with van der Waals surface area (Å²) in [7, 11) is -2.74. The molecule has 0 saturated heterocycles. The van der Waals surface area contributed by atoms with Crippen LogP contribution in [0.25, 0.3) is 0 Å². The number of aryl methyl sites for hydroxylation is 1. The Morgan fingerprint density at radius 1 is 0.867 bits per heavy atom. The zero-order chi connectivity index (χ0) is 32.4. The fourth-order valence-electron chi connectivity index (χ4n) is 4.82. The average molecular weight is 648 g/mol. The summed E-state index contributed by atoms with van der Waals surface area (Å²) in [5.74, 6) is -0.346. The Morgan fingerprint density at radius 2 is 1.51 bits per heavy atom. The van der Waals surface area contributed by atoms with Crippen LogP contribution in [0.2, 0.25) is 5.02 Å². The van der Waals surface area contributed by atoms with E-state index >= 15 is 0 Å². The van der Waals surface area contributed by atoms with E-state index in [1.165, 1.54) is 24.1 Å². The van der Waals surface area contributed by atoms with Gasteiger partial charge in [0.05, 0.1) is 17.7 Å². The molecular formula is C35H38ClN3O5S. The van der Waals surface area contributed by atoms with Gasteiger partial charge in [-0.3, -0.25) is 13.9 Å². The average Bonchev–Trinajstić information content (AvgIpc) is 3.05. The first-order chi connectivity index (χ1) is 21.6. The molecule has 236 valence electrons. The molecule has 4 aromatic carbocycles. The second-order valence-electron chi connectivity index (χ2n) is 10.7. The van der Waals surface area contributed by atoms with Crippen molar-refractivity contribution in [1.82, 2.24) is 10.2 Å². The Balaban J connectivity index is 1.78. The number of anilines is 1. The number of carbonyl (C=O) groups excluding carboxylic acids is 2. The molecule has 2 amide bonds. The lowest BCUT2D eigenvalue weighted by atomic mass is 10.0. The molecule has 0 radical (unpaired) electrons. The van der Waals surface area contributed by atoms with Gasteiger partial charge in [-0.15, -0.1) is 0 Å². The molecule has 0 aromatic heterocycles. The molecule has 0 unspecified atom stereocenters. The third-order valence-corrected chi connectivity index (χ3v) is 9.37. The number of halogens is 1. The summed E-state index contributed by atoms with van der Waals surface area (Å²) in [6, 6.07) is 28.5. The Kier molecular flexibility index (Phi) is 11.6. The lowest BCUT2D eigenvalue weighted by molar-refractivity contribution is -0.140. The zero-order valence-corrected chi connectivity index (χ0v) is 27.2. The van der Waals surface area contributed by atoms with Crippen LogP contribution < -0.4 is 14.4 Å². The molecular weight excluding hydrogens is 610 g/mol. The Morgan fingerprint density at radius 3 is 2.11 bits per heavy atom. The number of methoxy groups -OCH3 is 1. The van der Waals surface area contributed by atoms with Gasteiger partial charge in [0.1, 0.15) is 18.3 Å². The van der Waals surface area contributed by atoms with E-state index in [0.29, 0.717) is 17.3 Å². The first-order valence-corrected chi connectivity index (χ1v) is 16.5. The van der Waals surface area contributed by atoms with Crippen molar-refractivity contribution >= 4 is 39.1 Å². The monoisotopic (exact) mass is 647 g/mol. The van der Waals surface area contributed by atoms with Crippen LogP contribution in [0.4, 0.5) is 5.69 Å². The Bertz CT molecular complexity index is 1660. The number of hydrogen-bond acceptors (Lipinski definition) is 5. The fourth-order valence-corrected chi connectivity index (χ4v) is 6.36. The number of ether oxygens (including phenoxy) is 1. The maximum absolute atomic E-state index is 14.4. The topological polar surface area (TPSA) is 96.0 Å². The van der Waals surface area contributed by atoms with Crippen molar-refractivity contribution in [1.29, 1.82) is 0 Å². The highest BCUT2D eigenvalue weighted by Gasteiger charge is 2.34. The largest absolute Gasteiger partial charge is 0.497 e. The number of amides is 2. The second-order valence-corrected chi connectivity index (χ2v) is 13.0. The Hall–Kier alpha value is -4.34. The van der Waals surface area contributed by atoms with Crippen molar-refractivity contribution in [2.24, 2.45) is 0 Å². The third-order valence-electron chi connectivity index (χ3n) is 7.33. The number of rotatable bonds is 14. The van der Waals surface area contributed by atoms with E-state index in [1.54, 1.807) is 36.4 Å². The van der Waals surface area contributed by atoms with Gasteiger partial charge in [0.25, 0.3) is 10.0 Å². The summed E-state index contributed by atoms with van der Waals surface area (Å²) < 4.78 is 34.5. The first kappa shape index (κ1) is 33.6. The minimum absolute atomic E-state index is 0.0161. The highest BCUT2D eigenvalue weighted by molar-refractivity contribution is 7.92. The van der Waals surface area contributed by atoms with E-state index in [-0.39, 0.29) is 29.5 Å². The van der Waals surface area contributed by atoms with Gasteiger partial charge in [-0.2, -0.15) is 0 Å². The summed E-state index contributed by atoms with van der Waals surface area (Å²) in [5, 5.41) is 3.37.